The summed E-state index contributed by atoms with van der Waals surface area (Å²) in [5, 5.41) is 2.63. The topological polar surface area (TPSA) is 55.1 Å². The molecule has 0 radical (unpaired) electrons. The van der Waals surface area contributed by atoms with Gasteiger partial charge in [-0.3, -0.25) is 4.79 Å². The summed E-state index contributed by atoms with van der Waals surface area (Å²) in [6, 6.07) is 4.04. The standard InChI is InChI=1S/C12H17FN2O/c1-3-5-10(14)12(16)15-11-7-4-6-9(13)8(11)2/h4,6-7,10H,3,5,14H2,1-2H3,(H,15,16). The van der Waals surface area contributed by atoms with Gasteiger partial charge in [-0.2, -0.15) is 0 Å². The number of carbonyl (C=O) groups is 1. The zero-order valence-electron chi connectivity index (χ0n) is 9.59. The molecule has 3 nitrogen and oxygen atoms in total. The molecule has 1 unspecified atom stereocenters. The molecule has 0 aliphatic carbocycles. The third kappa shape index (κ3) is 3.03. The third-order valence-electron chi connectivity index (χ3n) is 2.46. The van der Waals surface area contributed by atoms with E-state index in [0.717, 1.165) is 6.42 Å². The molecule has 1 aromatic carbocycles. The molecule has 16 heavy (non-hydrogen) atoms. The fraction of sp³-hybridized carbons (Fsp3) is 0.417. The highest BCUT2D eigenvalue weighted by Crippen LogP contribution is 2.17. The number of benzene rings is 1. The highest BCUT2D eigenvalue weighted by atomic mass is 19.1. The molecule has 1 rings (SSSR count). The molecule has 0 spiro atoms. The lowest BCUT2D eigenvalue weighted by atomic mass is 10.1. The Hall–Kier alpha value is -1.42. The van der Waals surface area contributed by atoms with Crippen LogP contribution in [-0.2, 0) is 4.79 Å². The van der Waals surface area contributed by atoms with Crippen molar-refractivity contribution in [1.82, 2.24) is 0 Å². The van der Waals surface area contributed by atoms with Crippen LogP contribution >= 0.6 is 0 Å². The van der Waals surface area contributed by atoms with Gasteiger partial charge in [0.05, 0.1) is 6.04 Å². The summed E-state index contributed by atoms with van der Waals surface area (Å²) >= 11 is 0. The van der Waals surface area contributed by atoms with Crippen molar-refractivity contribution in [2.75, 3.05) is 5.32 Å². The van der Waals surface area contributed by atoms with Gasteiger partial charge >= 0.3 is 0 Å². The third-order valence-corrected chi connectivity index (χ3v) is 2.46. The number of rotatable bonds is 4. The average molecular weight is 224 g/mol. The first-order valence-electron chi connectivity index (χ1n) is 5.37. The lowest BCUT2D eigenvalue weighted by molar-refractivity contribution is -0.117. The quantitative estimate of drug-likeness (QED) is 0.823. The van der Waals surface area contributed by atoms with Crippen LogP contribution in [0.25, 0.3) is 0 Å². The second kappa shape index (κ2) is 5.61. The molecular formula is C12H17FN2O. The molecule has 1 aromatic rings. The van der Waals surface area contributed by atoms with E-state index in [2.05, 4.69) is 5.32 Å². The van der Waals surface area contributed by atoms with Crippen LogP contribution in [0.2, 0.25) is 0 Å². The first-order valence-corrected chi connectivity index (χ1v) is 5.37. The Morgan fingerprint density at radius 1 is 1.56 bits per heavy atom. The van der Waals surface area contributed by atoms with Crippen molar-refractivity contribution in [2.24, 2.45) is 5.73 Å². The van der Waals surface area contributed by atoms with Gasteiger partial charge < -0.3 is 11.1 Å². The SMILES string of the molecule is CCCC(N)C(=O)Nc1cccc(F)c1C. The van der Waals surface area contributed by atoms with Crippen LogP contribution in [-0.4, -0.2) is 11.9 Å². The number of carbonyl (C=O) groups excluding carboxylic acids is 1. The second-order valence-electron chi connectivity index (χ2n) is 3.80. The molecule has 88 valence electrons. The minimum atomic E-state index is -0.535. The van der Waals surface area contributed by atoms with E-state index in [-0.39, 0.29) is 11.7 Å². The summed E-state index contributed by atoms with van der Waals surface area (Å²) in [5.74, 6) is -0.600. The van der Waals surface area contributed by atoms with Gasteiger partial charge in [0.15, 0.2) is 0 Å². The summed E-state index contributed by atoms with van der Waals surface area (Å²) in [6.45, 7) is 3.58. The van der Waals surface area contributed by atoms with Gasteiger partial charge in [0.1, 0.15) is 5.82 Å². The maximum Gasteiger partial charge on any atom is 0.241 e. The highest BCUT2D eigenvalue weighted by molar-refractivity contribution is 5.95. The fourth-order valence-electron chi connectivity index (χ4n) is 1.41. The normalized spacial score (nSPS) is 12.2. The first kappa shape index (κ1) is 12.6. The lowest BCUT2D eigenvalue weighted by Crippen LogP contribution is -2.35. The van der Waals surface area contributed by atoms with Crippen LogP contribution in [0.4, 0.5) is 10.1 Å². The molecule has 3 N–H and O–H groups in total. The minimum absolute atomic E-state index is 0.268. The summed E-state index contributed by atoms with van der Waals surface area (Å²) < 4.78 is 13.2. The fourth-order valence-corrected chi connectivity index (χ4v) is 1.41. The van der Waals surface area contributed by atoms with Crippen LogP contribution in [0.1, 0.15) is 25.3 Å². The van der Waals surface area contributed by atoms with E-state index >= 15 is 0 Å². The maximum absolute atomic E-state index is 13.2. The van der Waals surface area contributed by atoms with Crippen molar-refractivity contribution in [3.63, 3.8) is 0 Å². The number of hydrogen-bond acceptors (Lipinski definition) is 2. The van der Waals surface area contributed by atoms with Crippen LogP contribution in [0.3, 0.4) is 0 Å². The Labute approximate surface area is 94.8 Å². The van der Waals surface area contributed by atoms with E-state index in [1.54, 1.807) is 19.1 Å². The highest BCUT2D eigenvalue weighted by Gasteiger charge is 2.13. The van der Waals surface area contributed by atoms with Crippen LogP contribution in [0.5, 0.6) is 0 Å². The van der Waals surface area contributed by atoms with Crippen LogP contribution in [0, 0.1) is 12.7 Å². The lowest BCUT2D eigenvalue weighted by Gasteiger charge is -2.13. The predicted octanol–water partition coefficient (Wildman–Crippen LogP) is 2.20. The molecule has 4 heteroatoms. The number of nitrogens with one attached hydrogen (secondary N) is 1. The van der Waals surface area contributed by atoms with Gasteiger partial charge in [-0.25, -0.2) is 4.39 Å². The van der Waals surface area contributed by atoms with Crippen LogP contribution in [0.15, 0.2) is 18.2 Å². The predicted molar refractivity (Wildman–Crippen MR) is 62.7 cm³/mol. The van der Waals surface area contributed by atoms with Gasteiger partial charge in [-0.1, -0.05) is 19.4 Å². The average Bonchev–Trinajstić information content (AvgIpc) is 2.25. The molecular weight excluding hydrogens is 207 g/mol. The van der Waals surface area contributed by atoms with Crippen LogP contribution < -0.4 is 11.1 Å². The first-order chi connectivity index (χ1) is 7.56. The van der Waals surface area contributed by atoms with Gasteiger partial charge in [0, 0.05) is 11.3 Å². The molecule has 0 fully saturated rings. The van der Waals surface area contributed by atoms with E-state index in [1.165, 1.54) is 6.07 Å². The zero-order valence-corrected chi connectivity index (χ0v) is 9.59. The van der Waals surface area contributed by atoms with E-state index < -0.39 is 6.04 Å². The van der Waals surface area contributed by atoms with E-state index in [0.29, 0.717) is 17.7 Å². The molecule has 0 aliphatic heterocycles. The Kier molecular flexibility index (Phi) is 4.43. The number of halogens is 1. The number of amides is 1. The van der Waals surface area contributed by atoms with Crippen molar-refractivity contribution in [1.29, 1.82) is 0 Å². The van der Waals surface area contributed by atoms with E-state index in [1.807, 2.05) is 6.92 Å². The Morgan fingerprint density at radius 3 is 2.88 bits per heavy atom. The number of anilines is 1. The van der Waals surface area contributed by atoms with E-state index in [9.17, 15) is 9.18 Å². The molecule has 0 aliphatic rings. The Balaban J connectivity index is 2.73. The largest absolute Gasteiger partial charge is 0.324 e. The number of nitrogens with two attached hydrogens (primary N) is 1. The second-order valence-corrected chi connectivity index (χ2v) is 3.80. The van der Waals surface area contributed by atoms with Gasteiger partial charge in [-0.05, 0) is 25.5 Å². The van der Waals surface area contributed by atoms with Crippen molar-refractivity contribution in [3.05, 3.63) is 29.6 Å². The van der Waals surface area contributed by atoms with Crippen molar-refractivity contribution >= 4 is 11.6 Å². The van der Waals surface area contributed by atoms with E-state index in [4.69, 9.17) is 5.73 Å². The maximum atomic E-state index is 13.2. The van der Waals surface area contributed by atoms with Crippen molar-refractivity contribution in [2.45, 2.75) is 32.7 Å². The molecule has 0 heterocycles. The summed E-state index contributed by atoms with van der Waals surface area (Å²) in [5.41, 5.74) is 6.57. The Morgan fingerprint density at radius 2 is 2.25 bits per heavy atom. The summed E-state index contributed by atoms with van der Waals surface area (Å²) in [7, 11) is 0. The molecule has 0 saturated carbocycles. The molecule has 1 atom stereocenters. The number of hydrogen-bond donors (Lipinski definition) is 2. The molecule has 1 amide bonds. The Bertz CT molecular complexity index is 379. The van der Waals surface area contributed by atoms with Gasteiger partial charge in [0.2, 0.25) is 5.91 Å². The van der Waals surface area contributed by atoms with Gasteiger partial charge in [0.25, 0.3) is 0 Å². The smallest absolute Gasteiger partial charge is 0.241 e. The molecule has 0 aromatic heterocycles. The van der Waals surface area contributed by atoms with Crippen molar-refractivity contribution in [3.8, 4) is 0 Å². The van der Waals surface area contributed by atoms with Gasteiger partial charge in [-0.15, -0.1) is 0 Å². The monoisotopic (exact) mass is 224 g/mol. The molecule has 0 saturated heterocycles. The summed E-state index contributed by atoms with van der Waals surface area (Å²) in [6.07, 6.45) is 1.47. The molecule has 0 bridgehead atoms. The van der Waals surface area contributed by atoms with Crippen molar-refractivity contribution < 1.29 is 9.18 Å². The summed E-state index contributed by atoms with van der Waals surface area (Å²) in [4.78, 5) is 11.6. The zero-order chi connectivity index (χ0) is 12.1. The minimum Gasteiger partial charge on any atom is -0.324 e.